The summed E-state index contributed by atoms with van der Waals surface area (Å²) in [7, 11) is -7.41. The third kappa shape index (κ3) is 4.30. The molecule has 0 heterocycles. The van der Waals surface area contributed by atoms with E-state index in [-0.39, 0.29) is 21.0 Å². The first kappa shape index (κ1) is 20.5. The largest absolute Gasteiger partial charge is 0.399 e. The Labute approximate surface area is 160 Å². The number of carbonyl (C=O) groups is 1. The van der Waals surface area contributed by atoms with E-state index in [0.717, 1.165) is 13.1 Å². The number of rotatable bonds is 6. The molecule has 0 aliphatic rings. The van der Waals surface area contributed by atoms with Gasteiger partial charge in [-0.1, -0.05) is 15.9 Å². The van der Waals surface area contributed by atoms with Crippen molar-refractivity contribution in [2.45, 2.75) is 16.7 Å². The Morgan fingerprint density at radius 3 is 2.19 bits per heavy atom. The lowest BCUT2D eigenvalue weighted by molar-refractivity contribution is 0.101. The zero-order chi connectivity index (χ0) is 19.7. The van der Waals surface area contributed by atoms with Crippen LogP contribution >= 0.6 is 15.9 Å². The van der Waals surface area contributed by atoms with Crippen LogP contribution in [0.3, 0.4) is 0 Å². The van der Waals surface area contributed by atoms with Gasteiger partial charge in [-0.25, -0.2) is 16.8 Å². The van der Waals surface area contributed by atoms with Crippen molar-refractivity contribution in [3.63, 3.8) is 0 Å². The molecule has 0 radical (unpaired) electrons. The number of hydrogen-bond acceptors (Lipinski definition) is 6. The Morgan fingerprint density at radius 2 is 1.65 bits per heavy atom. The van der Waals surface area contributed by atoms with E-state index in [4.69, 9.17) is 5.73 Å². The molecular weight excluding hydrogens is 446 g/mol. The molecule has 0 aliphatic heterocycles. The maximum absolute atomic E-state index is 12.6. The van der Waals surface area contributed by atoms with Crippen LogP contribution in [0.15, 0.2) is 56.7 Å². The number of hydrogen-bond donors (Lipinski definition) is 2. The fourth-order valence-corrected chi connectivity index (χ4v) is 5.01. The quantitative estimate of drug-likeness (QED) is 0.383. The molecule has 2 rings (SSSR count). The van der Waals surface area contributed by atoms with Crippen LogP contribution in [0, 0.1) is 0 Å². The number of ketones is 1. The molecule has 26 heavy (non-hydrogen) atoms. The lowest BCUT2D eigenvalue weighted by atomic mass is 10.1. The first-order valence-corrected chi connectivity index (χ1v) is 10.8. The summed E-state index contributed by atoms with van der Waals surface area (Å²) in [6.45, 7) is 1.19. The van der Waals surface area contributed by atoms with E-state index in [0.29, 0.717) is 8.89 Å². The number of nitrogen functional groups attached to an aromatic ring is 1. The predicted molar refractivity (Wildman–Crippen MR) is 100 cm³/mol. The lowest BCUT2D eigenvalue weighted by Gasteiger charge is -2.19. The number of Topliss-reactive ketones (excluding diaryl/α,β-unsaturated/α-hetero) is 1. The predicted octanol–water partition coefficient (Wildman–Crippen LogP) is 1.75. The van der Waals surface area contributed by atoms with Gasteiger partial charge < -0.3 is 5.73 Å². The molecule has 0 fully saturated rings. The molecular formula is C15H16BrN3O5S2. The molecule has 0 amide bonds. The number of nitrogens with zero attached hydrogens (tertiary/aromatic N) is 1. The first-order valence-electron chi connectivity index (χ1n) is 7.12. The van der Waals surface area contributed by atoms with Crippen molar-refractivity contribution in [3.8, 4) is 0 Å². The molecule has 2 aromatic carbocycles. The summed E-state index contributed by atoms with van der Waals surface area (Å²) in [6, 6.07) is 9.37. The second kappa shape index (κ2) is 7.45. The van der Waals surface area contributed by atoms with Gasteiger partial charge in [0, 0.05) is 22.8 Å². The van der Waals surface area contributed by atoms with Gasteiger partial charge in [0.1, 0.15) is 0 Å². The summed E-state index contributed by atoms with van der Waals surface area (Å²) in [4.78, 5) is 13.2. The minimum atomic E-state index is -4.34. The van der Waals surface area contributed by atoms with E-state index in [1.165, 1.54) is 43.3 Å². The maximum atomic E-state index is 12.6. The topological polar surface area (TPSA) is 127 Å². The van der Waals surface area contributed by atoms with Crippen LogP contribution in [0.5, 0.6) is 0 Å². The SMILES string of the molecule is CC(=O)c1cc(N)ccc1S(=O)(=O)NN(C)S(=O)(=O)c1ccc(Br)cc1. The fraction of sp³-hybridized carbons (Fsp3) is 0.133. The molecule has 0 aliphatic carbocycles. The Balaban J connectivity index is 2.40. The van der Waals surface area contributed by atoms with E-state index in [9.17, 15) is 21.6 Å². The fourth-order valence-electron chi connectivity index (χ4n) is 2.09. The zero-order valence-corrected chi connectivity index (χ0v) is 17.0. The molecule has 0 bridgehead atoms. The van der Waals surface area contributed by atoms with Gasteiger partial charge in [-0.05, 0) is 49.4 Å². The normalized spacial score (nSPS) is 12.3. The number of hydrazine groups is 1. The van der Waals surface area contributed by atoms with Gasteiger partial charge in [0.05, 0.1) is 9.79 Å². The van der Waals surface area contributed by atoms with Crippen LogP contribution in [0.25, 0.3) is 0 Å². The summed E-state index contributed by atoms with van der Waals surface area (Å²) in [5.74, 6) is -0.518. The summed E-state index contributed by atoms with van der Waals surface area (Å²) in [5.41, 5.74) is 5.67. The van der Waals surface area contributed by atoms with Crippen molar-refractivity contribution < 1.29 is 21.6 Å². The third-order valence-corrected chi connectivity index (χ3v) is 7.17. The van der Waals surface area contributed by atoms with E-state index in [1.807, 2.05) is 4.83 Å². The standard InChI is InChI=1S/C15H16BrN3O5S2/c1-10(20)14-9-12(17)5-8-15(14)25(21,22)18-19(2)26(23,24)13-6-3-11(16)4-7-13/h3-9,18H,17H2,1-2H3. The highest BCUT2D eigenvalue weighted by molar-refractivity contribution is 9.10. The zero-order valence-electron chi connectivity index (χ0n) is 13.8. The number of benzene rings is 2. The highest BCUT2D eigenvalue weighted by Crippen LogP contribution is 2.21. The average Bonchev–Trinajstić information content (AvgIpc) is 2.54. The highest BCUT2D eigenvalue weighted by atomic mass is 79.9. The molecule has 11 heteroatoms. The van der Waals surface area contributed by atoms with E-state index in [1.54, 1.807) is 0 Å². The van der Waals surface area contributed by atoms with Crippen LogP contribution in [-0.4, -0.2) is 34.1 Å². The number of carbonyl (C=O) groups excluding carboxylic acids is 1. The molecule has 0 atom stereocenters. The van der Waals surface area contributed by atoms with Crippen molar-refractivity contribution in [2.24, 2.45) is 0 Å². The first-order chi connectivity index (χ1) is 11.9. The van der Waals surface area contributed by atoms with Crippen LogP contribution in [0.4, 0.5) is 5.69 Å². The van der Waals surface area contributed by atoms with Crippen molar-refractivity contribution in [1.29, 1.82) is 0 Å². The summed E-state index contributed by atoms with van der Waals surface area (Å²) in [6.07, 6.45) is 0. The summed E-state index contributed by atoms with van der Waals surface area (Å²) in [5, 5.41) is 0. The third-order valence-electron chi connectivity index (χ3n) is 3.39. The molecule has 3 N–H and O–H groups in total. The van der Waals surface area contributed by atoms with Crippen molar-refractivity contribution in [3.05, 3.63) is 52.5 Å². The van der Waals surface area contributed by atoms with E-state index < -0.39 is 25.8 Å². The number of sulfonamides is 2. The van der Waals surface area contributed by atoms with Gasteiger partial charge >= 0.3 is 0 Å². The Morgan fingerprint density at radius 1 is 1.08 bits per heavy atom. The number of anilines is 1. The number of halogens is 1. The highest BCUT2D eigenvalue weighted by Gasteiger charge is 2.28. The number of nitrogens with two attached hydrogens (primary N) is 1. The smallest absolute Gasteiger partial charge is 0.256 e. The molecule has 0 saturated carbocycles. The van der Waals surface area contributed by atoms with Gasteiger partial charge in [-0.15, -0.1) is 9.25 Å². The second-order valence-corrected chi connectivity index (χ2v) is 9.85. The average molecular weight is 462 g/mol. The minimum absolute atomic E-state index is 0.102. The summed E-state index contributed by atoms with van der Waals surface area (Å²) >= 11 is 3.19. The van der Waals surface area contributed by atoms with Gasteiger partial charge in [0.2, 0.25) is 0 Å². The molecule has 0 aromatic heterocycles. The van der Waals surface area contributed by atoms with Crippen LogP contribution < -0.4 is 10.6 Å². The van der Waals surface area contributed by atoms with Gasteiger partial charge in [0.25, 0.3) is 20.0 Å². The molecule has 140 valence electrons. The van der Waals surface area contributed by atoms with Crippen LogP contribution in [0.1, 0.15) is 17.3 Å². The molecule has 0 unspecified atom stereocenters. The Bertz CT molecular complexity index is 1050. The van der Waals surface area contributed by atoms with Crippen molar-refractivity contribution in [2.75, 3.05) is 12.8 Å². The number of nitrogens with one attached hydrogen (secondary N) is 1. The molecule has 0 saturated heterocycles. The van der Waals surface area contributed by atoms with Crippen LogP contribution in [0.2, 0.25) is 0 Å². The van der Waals surface area contributed by atoms with Gasteiger partial charge in [-0.3, -0.25) is 4.79 Å². The molecule has 8 nitrogen and oxygen atoms in total. The van der Waals surface area contributed by atoms with E-state index in [2.05, 4.69) is 15.9 Å². The summed E-state index contributed by atoms with van der Waals surface area (Å²) < 4.78 is 51.4. The van der Waals surface area contributed by atoms with E-state index >= 15 is 0 Å². The van der Waals surface area contributed by atoms with Gasteiger partial charge in [-0.2, -0.15) is 0 Å². The molecule has 2 aromatic rings. The Kier molecular flexibility index (Phi) is 5.88. The Hall–Kier alpha value is -1.79. The monoisotopic (exact) mass is 461 g/mol. The van der Waals surface area contributed by atoms with Crippen molar-refractivity contribution in [1.82, 2.24) is 9.25 Å². The second-order valence-electron chi connectivity index (χ2n) is 5.33. The maximum Gasteiger partial charge on any atom is 0.256 e. The molecule has 0 spiro atoms. The van der Waals surface area contributed by atoms with Crippen LogP contribution in [-0.2, 0) is 20.0 Å². The van der Waals surface area contributed by atoms with Gasteiger partial charge in [0.15, 0.2) is 5.78 Å². The minimum Gasteiger partial charge on any atom is -0.399 e. The lowest BCUT2D eigenvalue weighted by Crippen LogP contribution is -2.43. The van der Waals surface area contributed by atoms with Crippen molar-refractivity contribution >= 4 is 47.4 Å².